The van der Waals surface area contributed by atoms with E-state index in [-0.39, 0.29) is 27.9 Å². The van der Waals surface area contributed by atoms with E-state index in [1.165, 1.54) is 38.5 Å². The van der Waals surface area contributed by atoms with Crippen molar-refractivity contribution in [3.05, 3.63) is 0 Å². The Morgan fingerprint density at radius 3 is 2.38 bits per heavy atom. The largest absolute Gasteiger partial charge is 0.415 e. The number of ether oxygens (including phenoxy) is 1. The Labute approximate surface area is 180 Å². The van der Waals surface area contributed by atoms with Gasteiger partial charge in [0.05, 0.1) is 6.10 Å². The number of Topliss-reactive ketones (excluding diaryl/α,β-unsaturated/α-hetero) is 1. The molecular formula is C25H42O3Si. The Morgan fingerprint density at radius 1 is 1.07 bits per heavy atom. The lowest BCUT2D eigenvalue weighted by atomic mass is 9.34. The molecule has 0 aromatic heterocycles. The van der Waals surface area contributed by atoms with Gasteiger partial charge in [0.2, 0.25) is 0 Å². The molecule has 4 saturated carbocycles. The highest BCUT2D eigenvalue weighted by Crippen LogP contribution is 2.79. The van der Waals surface area contributed by atoms with E-state index in [0.717, 1.165) is 11.8 Å². The van der Waals surface area contributed by atoms with Gasteiger partial charge in [-0.2, -0.15) is 0 Å². The highest BCUT2D eigenvalue weighted by atomic mass is 28.2. The maximum Gasteiger partial charge on any atom is 0.167 e. The number of fused-ring (bicyclic) bond motifs is 4. The highest BCUT2D eigenvalue weighted by molar-refractivity contribution is 6.03. The minimum atomic E-state index is -0.721. The average Bonchev–Trinajstić information content (AvgIpc) is 3.14. The summed E-state index contributed by atoms with van der Waals surface area (Å²) in [6, 6.07) is 0. The summed E-state index contributed by atoms with van der Waals surface area (Å²) >= 11 is 0. The molecule has 0 N–H and O–H groups in total. The molecule has 4 aliphatic carbocycles. The van der Waals surface area contributed by atoms with Gasteiger partial charge in [0.25, 0.3) is 0 Å². The van der Waals surface area contributed by atoms with Crippen LogP contribution < -0.4 is 0 Å². The molecule has 0 radical (unpaired) electrons. The van der Waals surface area contributed by atoms with Gasteiger partial charge in [0.1, 0.15) is 21.7 Å². The molecule has 1 saturated heterocycles. The first-order valence-electron chi connectivity index (χ1n) is 12.1. The number of ketones is 1. The van der Waals surface area contributed by atoms with Gasteiger partial charge in [0.15, 0.2) is 5.78 Å². The molecule has 1 heterocycles. The molecule has 1 spiro atoms. The Balaban J connectivity index is 1.67. The van der Waals surface area contributed by atoms with E-state index in [2.05, 4.69) is 48.5 Å². The van der Waals surface area contributed by atoms with E-state index in [4.69, 9.17) is 9.16 Å². The first-order chi connectivity index (χ1) is 13.3. The minimum Gasteiger partial charge on any atom is -0.415 e. The smallest absolute Gasteiger partial charge is 0.167 e. The number of rotatable bonds is 1. The first-order valence-corrected chi connectivity index (χ1v) is 12.9. The van der Waals surface area contributed by atoms with Crippen LogP contribution in [0.3, 0.4) is 0 Å². The van der Waals surface area contributed by atoms with Crippen molar-refractivity contribution in [2.45, 2.75) is 111 Å². The zero-order chi connectivity index (χ0) is 21.3. The van der Waals surface area contributed by atoms with Crippen LogP contribution in [0, 0.1) is 39.4 Å². The third-order valence-electron chi connectivity index (χ3n) is 11.5. The lowest BCUT2D eigenvalue weighted by Crippen LogP contribution is -2.76. The van der Waals surface area contributed by atoms with E-state index < -0.39 is 5.60 Å². The summed E-state index contributed by atoms with van der Waals surface area (Å²) in [4.78, 5) is 13.8. The quantitative estimate of drug-likeness (QED) is 0.466. The Kier molecular flexibility index (Phi) is 3.99. The topological polar surface area (TPSA) is 38.8 Å². The molecule has 164 valence electrons. The van der Waals surface area contributed by atoms with Crippen LogP contribution in [0.4, 0.5) is 0 Å². The van der Waals surface area contributed by atoms with Gasteiger partial charge in [-0.1, -0.05) is 54.9 Å². The van der Waals surface area contributed by atoms with E-state index in [9.17, 15) is 4.79 Å². The third kappa shape index (κ3) is 2.02. The van der Waals surface area contributed by atoms with Gasteiger partial charge in [-0.25, -0.2) is 0 Å². The van der Waals surface area contributed by atoms with Crippen molar-refractivity contribution in [1.29, 1.82) is 0 Å². The molecule has 0 aromatic carbocycles. The lowest BCUT2D eigenvalue weighted by molar-refractivity contribution is -0.242. The van der Waals surface area contributed by atoms with Crippen LogP contribution in [0.25, 0.3) is 0 Å². The molecule has 3 nitrogen and oxygen atoms in total. The lowest BCUT2D eigenvalue weighted by Gasteiger charge is -2.70. The monoisotopic (exact) mass is 418 g/mol. The maximum absolute atomic E-state index is 13.8. The number of epoxide rings is 1. The Bertz CT molecular complexity index is 756. The standard InChI is InChI=1S/C25H42O3Si/c1-20(2,3)25(28-29)18(26)14-24-19(27-24)13-15-16-9-8-11-22(16,6)12-10-17(15)23(24,7)21(25,4)5/h15-17,19H,8-14H2,1-7,29H3/t15-,16-,17-,19-,22-,23-,24-,25?/m0/s1. The summed E-state index contributed by atoms with van der Waals surface area (Å²) in [5.41, 5.74) is -0.940. The maximum atomic E-state index is 13.8. The van der Waals surface area contributed by atoms with Gasteiger partial charge in [-0.3, -0.25) is 4.79 Å². The van der Waals surface area contributed by atoms with Crippen LogP contribution >= 0.6 is 0 Å². The molecule has 1 unspecified atom stereocenters. The van der Waals surface area contributed by atoms with Gasteiger partial charge < -0.3 is 9.16 Å². The van der Waals surface area contributed by atoms with E-state index in [1.807, 2.05) is 0 Å². The molecule has 8 atom stereocenters. The van der Waals surface area contributed by atoms with Gasteiger partial charge in [-0.15, -0.1) is 0 Å². The second kappa shape index (κ2) is 5.59. The number of hydrogen-bond donors (Lipinski definition) is 0. The first kappa shape index (κ1) is 20.7. The van der Waals surface area contributed by atoms with Crippen molar-refractivity contribution in [1.82, 2.24) is 0 Å². The van der Waals surface area contributed by atoms with E-state index in [0.29, 0.717) is 34.0 Å². The second-order valence-corrected chi connectivity index (χ2v) is 13.7. The van der Waals surface area contributed by atoms with Crippen LogP contribution in [0.1, 0.15) is 93.4 Å². The number of carbonyl (C=O) groups excluding carboxylic acids is 1. The highest BCUT2D eigenvalue weighted by Gasteiger charge is 2.85. The normalized spacial score (nSPS) is 55.6. The van der Waals surface area contributed by atoms with Crippen molar-refractivity contribution in [2.75, 3.05) is 0 Å². The van der Waals surface area contributed by atoms with Gasteiger partial charge >= 0.3 is 0 Å². The Hall–Kier alpha value is -0.193. The van der Waals surface area contributed by atoms with E-state index in [1.54, 1.807) is 0 Å². The zero-order valence-electron chi connectivity index (χ0n) is 20.0. The second-order valence-electron chi connectivity index (χ2n) is 13.3. The zero-order valence-corrected chi connectivity index (χ0v) is 22.0. The molecule has 1 aliphatic heterocycles. The molecule has 0 amide bonds. The predicted octanol–water partition coefficient (Wildman–Crippen LogP) is 4.45. The molecule has 5 aliphatic rings. The fourth-order valence-electron chi connectivity index (χ4n) is 10.2. The van der Waals surface area contributed by atoms with Crippen LogP contribution in [0.5, 0.6) is 0 Å². The molecular weight excluding hydrogens is 376 g/mol. The summed E-state index contributed by atoms with van der Waals surface area (Å²) < 4.78 is 13.1. The van der Waals surface area contributed by atoms with Crippen molar-refractivity contribution in [2.24, 2.45) is 39.4 Å². The molecule has 29 heavy (non-hydrogen) atoms. The van der Waals surface area contributed by atoms with Crippen LogP contribution in [-0.4, -0.2) is 33.6 Å². The Morgan fingerprint density at radius 2 is 1.76 bits per heavy atom. The van der Waals surface area contributed by atoms with Crippen LogP contribution in [0.2, 0.25) is 0 Å². The van der Waals surface area contributed by atoms with Crippen molar-refractivity contribution in [3.63, 3.8) is 0 Å². The molecule has 0 aromatic rings. The van der Waals surface area contributed by atoms with E-state index >= 15 is 0 Å². The third-order valence-corrected chi connectivity index (χ3v) is 12.1. The summed E-state index contributed by atoms with van der Waals surface area (Å²) in [5, 5.41) is 0. The molecule has 5 rings (SSSR count). The average molecular weight is 419 g/mol. The molecule has 5 fully saturated rings. The van der Waals surface area contributed by atoms with Crippen molar-refractivity contribution >= 4 is 16.3 Å². The predicted molar refractivity (Wildman–Crippen MR) is 119 cm³/mol. The summed E-state index contributed by atoms with van der Waals surface area (Å²) in [6.07, 6.45) is 8.88. The summed E-state index contributed by atoms with van der Waals surface area (Å²) in [7, 11) is 0.584. The van der Waals surface area contributed by atoms with Crippen molar-refractivity contribution < 1.29 is 14.0 Å². The number of carbonyl (C=O) groups is 1. The summed E-state index contributed by atoms with van der Waals surface area (Å²) in [5.74, 6) is 2.53. The summed E-state index contributed by atoms with van der Waals surface area (Å²) in [6.45, 7) is 16.4. The van der Waals surface area contributed by atoms with Crippen LogP contribution in [-0.2, 0) is 14.0 Å². The number of hydrogen-bond acceptors (Lipinski definition) is 3. The van der Waals surface area contributed by atoms with Crippen LogP contribution in [0.15, 0.2) is 0 Å². The van der Waals surface area contributed by atoms with Crippen molar-refractivity contribution in [3.8, 4) is 0 Å². The SMILES string of the molecule is CC(C)(C)C1(O[SiH3])C(=O)C[C@]23O[C@H]2C[C@H]2[C@@H]4CCC[C@@]4(C)CC[C@@H]2[C@@]3(C)C1(C)C. The minimum absolute atomic E-state index is 0.0247. The van der Waals surface area contributed by atoms with Gasteiger partial charge in [-0.05, 0) is 60.7 Å². The van der Waals surface area contributed by atoms with Gasteiger partial charge in [0, 0.05) is 17.3 Å². The fraction of sp³-hybridized carbons (Fsp3) is 0.960. The fourth-order valence-corrected chi connectivity index (χ4v) is 11.6. The molecule has 0 bridgehead atoms. The molecule has 4 heteroatoms.